The second-order valence-electron chi connectivity index (χ2n) is 1.88. The van der Waals surface area contributed by atoms with Crippen molar-refractivity contribution >= 4 is 11.9 Å². The van der Waals surface area contributed by atoms with Crippen LogP contribution in [0.4, 0.5) is 0 Å². The average Bonchev–Trinajstić information content (AvgIpc) is 1.85. The van der Waals surface area contributed by atoms with Gasteiger partial charge >= 0.3 is 5.97 Å². The average molecular weight is 145 g/mol. The van der Waals surface area contributed by atoms with Crippen LogP contribution in [0, 0.1) is 0 Å². The second-order valence-corrected chi connectivity index (χ2v) is 1.88. The van der Waals surface area contributed by atoms with E-state index < -0.39 is 5.97 Å². The molecule has 0 aliphatic heterocycles. The van der Waals surface area contributed by atoms with Crippen LogP contribution >= 0.6 is 0 Å². The van der Waals surface area contributed by atoms with Gasteiger partial charge in [0, 0.05) is 13.3 Å². The van der Waals surface area contributed by atoms with Gasteiger partial charge in [0.2, 0.25) is 5.91 Å². The molecular formula is C6H11NO3. The number of carbonyl (C=O) groups is 2. The zero-order valence-corrected chi connectivity index (χ0v) is 6.14. The minimum atomic E-state index is -0.405. The zero-order chi connectivity index (χ0) is 7.98. The lowest BCUT2D eigenvalue weighted by atomic mass is 10.3. The van der Waals surface area contributed by atoms with E-state index in [1.807, 2.05) is 12.4 Å². The molecule has 0 unspecified atom stereocenters. The van der Waals surface area contributed by atoms with Gasteiger partial charge in [-0.05, 0) is 6.42 Å². The molecule has 0 radical (unpaired) electrons. The first kappa shape index (κ1) is 8.94. The summed E-state index contributed by atoms with van der Waals surface area (Å²) in [4.78, 5) is 25.0. The highest BCUT2D eigenvalue weighted by Crippen LogP contribution is 1.87. The molecule has 1 N–H and O–H groups in total. The van der Waals surface area contributed by atoms with Gasteiger partial charge < -0.3 is 4.84 Å². The minimum absolute atomic E-state index is 0.334. The summed E-state index contributed by atoms with van der Waals surface area (Å²) in [5.74, 6) is -0.776. The van der Waals surface area contributed by atoms with Gasteiger partial charge in [-0.15, -0.1) is 0 Å². The lowest BCUT2D eigenvalue weighted by Crippen LogP contribution is -2.24. The van der Waals surface area contributed by atoms with Crippen molar-refractivity contribution in [1.82, 2.24) is 5.48 Å². The lowest BCUT2D eigenvalue weighted by Gasteiger charge is -2.00. The fourth-order valence-corrected chi connectivity index (χ4v) is 0.384. The van der Waals surface area contributed by atoms with Gasteiger partial charge in [-0.2, -0.15) is 5.48 Å². The first-order valence-electron chi connectivity index (χ1n) is 3.13. The van der Waals surface area contributed by atoms with Gasteiger partial charge in [0.15, 0.2) is 0 Å². The van der Waals surface area contributed by atoms with Crippen molar-refractivity contribution in [2.24, 2.45) is 0 Å². The Morgan fingerprint density at radius 1 is 1.50 bits per heavy atom. The lowest BCUT2D eigenvalue weighted by molar-refractivity contribution is -0.157. The molecule has 0 saturated heterocycles. The Bertz CT molecular complexity index is 133. The summed E-state index contributed by atoms with van der Waals surface area (Å²) >= 11 is 0. The summed E-state index contributed by atoms with van der Waals surface area (Å²) < 4.78 is 0. The number of amides is 1. The Labute approximate surface area is 59.5 Å². The van der Waals surface area contributed by atoms with Crippen LogP contribution < -0.4 is 5.48 Å². The molecule has 58 valence electrons. The normalized spacial score (nSPS) is 8.60. The van der Waals surface area contributed by atoms with E-state index in [4.69, 9.17) is 0 Å². The molecule has 0 aromatic heterocycles. The van der Waals surface area contributed by atoms with E-state index in [0.717, 1.165) is 6.42 Å². The number of hydroxylamine groups is 1. The Morgan fingerprint density at radius 2 is 2.10 bits per heavy atom. The van der Waals surface area contributed by atoms with Crippen LogP contribution in [0.25, 0.3) is 0 Å². The molecule has 4 heteroatoms. The summed E-state index contributed by atoms with van der Waals surface area (Å²) in [5, 5.41) is 0. The van der Waals surface area contributed by atoms with Crippen molar-refractivity contribution in [3.63, 3.8) is 0 Å². The molecular weight excluding hydrogens is 134 g/mol. The molecule has 0 aliphatic rings. The van der Waals surface area contributed by atoms with E-state index >= 15 is 0 Å². The summed E-state index contributed by atoms with van der Waals surface area (Å²) in [6.45, 7) is 3.13. The number of nitrogens with one attached hydrogen (secondary N) is 1. The topological polar surface area (TPSA) is 55.4 Å². The van der Waals surface area contributed by atoms with Crippen molar-refractivity contribution < 1.29 is 14.4 Å². The van der Waals surface area contributed by atoms with Crippen molar-refractivity contribution in [2.45, 2.75) is 26.7 Å². The fourth-order valence-electron chi connectivity index (χ4n) is 0.384. The first-order valence-corrected chi connectivity index (χ1v) is 3.13. The van der Waals surface area contributed by atoms with E-state index in [0.29, 0.717) is 6.42 Å². The second kappa shape index (κ2) is 4.78. The van der Waals surface area contributed by atoms with E-state index in [9.17, 15) is 9.59 Å². The largest absolute Gasteiger partial charge is 0.341 e. The highest BCUT2D eigenvalue weighted by Gasteiger charge is 2.00. The molecule has 0 rings (SSSR count). The predicted octanol–water partition coefficient (Wildman–Crippen LogP) is 0.381. The first-order chi connectivity index (χ1) is 4.66. The Hall–Kier alpha value is -1.06. The summed E-state index contributed by atoms with van der Waals surface area (Å²) in [7, 11) is 0. The third kappa shape index (κ3) is 5.08. The maximum atomic E-state index is 10.5. The van der Waals surface area contributed by atoms with Crippen LogP contribution in [0.3, 0.4) is 0 Å². The molecule has 0 spiro atoms. The molecule has 0 fully saturated rings. The van der Waals surface area contributed by atoms with Crippen LogP contribution in [0.15, 0.2) is 0 Å². The number of hydrogen-bond acceptors (Lipinski definition) is 3. The Kier molecular flexibility index (Phi) is 4.28. The van der Waals surface area contributed by atoms with E-state index in [1.165, 1.54) is 6.92 Å². The van der Waals surface area contributed by atoms with Crippen LogP contribution in [0.5, 0.6) is 0 Å². The highest BCUT2D eigenvalue weighted by atomic mass is 16.7. The minimum Gasteiger partial charge on any atom is -0.341 e. The van der Waals surface area contributed by atoms with Crippen LogP contribution in [-0.2, 0) is 14.4 Å². The van der Waals surface area contributed by atoms with Gasteiger partial charge in [-0.3, -0.25) is 4.79 Å². The summed E-state index contributed by atoms with van der Waals surface area (Å²) in [5.41, 5.74) is 1.94. The van der Waals surface area contributed by atoms with E-state index in [-0.39, 0.29) is 5.91 Å². The molecule has 4 nitrogen and oxygen atoms in total. The SMILES string of the molecule is CCCC(=O)ONC(C)=O. The predicted molar refractivity (Wildman–Crippen MR) is 34.8 cm³/mol. The van der Waals surface area contributed by atoms with Gasteiger partial charge in [-0.1, -0.05) is 6.92 Å². The molecule has 0 aromatic rings. The highest BCUT2D eigenvalue weighted by molar-refractivity contribution is 5.75. The van der Waals surface area contributed by atoms with Gasteiger partial charge in [-0.25, -0.2) is 4.79 Å². The quantitative estimate of drug-likeness (QED) is 0.571. The van der Waals surface area contributed by atoms with Crippen LogP contribution in [0.1, 0.15) is 26.7 Å². The van der Waals surface area contributed by atoms with Gasteiger partial charge in [0.25, 0.3) is 0 Å². The molecule has 0 heterocycles. The third-order valence-electron chi connectivity index (χ3n) is 0.763. The van der Waals surface area contributed by atoms with Crippen LogP contribution in [-0.4, -0.2) is 11.9 Å². The number of carbonyl (C=O) groups excluding carboxylic acids is 2. The van der Waals surface area contributed by atoms with Crippen molar-refractivity contribution in [2.75, 3.05) is 0 Å². The van der Waals surface area contributed by atoms with E-state index in [2.05, 4.69) is 4.84 Å². The number of rotatable bonds is 2. The number of hydrogen-bond donors (Lipinski definition) is 1. The maximum absolute atomic E-state index is 10.5. The Morgan fingerprint density at radius 3 is 2.50 bits per heavy atom. The monoisotopic (exact) mass is 145 g/mol. The van der Waals surface area contributed by atoms with Gasteiger partial charge in [0.1, 0.15) is 0 Å². The molecule has 0 atom stereocenters. The van der Waals surface area contributed by atoms with Crippen molar-refractivity contribution in [3.05, 3.63) is 0 Å². The molecule has 0 saturated carbocycles. The summed E-state index contributed by atoms with van der Waals surface area (Å²) in [6.07, 6.45) is 1.05. The molecule has 0 bridgehead atoms. The van der Waals surface area contributed by atoms with Gasteiger partial charge in [0.05, 0.1) is 0 Å². The van der Waals surface area contributed by atoms with Crippen molar-refractivity contribution in [1.29, 1.82) is 0 Å². The Balaban J connectivity index is 3.30. The standard InChI is InChI=1S/C6H11NO3/c1-3-4-6(9)10-7-5(2)8/h3-4H2,1-2H3,(H,7,8). The smallest absolute Gasteiger partial charge is 0.332 e. The fraction of sp³-hybridized carbons (Fsp3) is 0.667. The molecule has 0 aromatic carbocycles. The zero-order valence-electron chi connectivity index (χ0n) is 6.14. The van der Waals surface area contributed by atoms with E-state index in [1.54, 1.807) is 0 Å². The van der Waals surface area contributed by atoms with Crippen molar-refractivity contribution in [3.8, 4) is 0 Å². The summed E-state index contributed by atoms with van der Waals surface area (Å²) in [6, 6.07) is 0. The third-order valence-corrected chi connectivity index (χ3v) is 0.763. The molecule has 10 heavy (non-hydrogen) atoms. The van der Waals surface area contributed by atoms with Crippen LogP contribution in [0.2, 0.25) is 0 Å². The maximum Gasteiger partial charge on any atom is 0.332 e. The molecule has 1 amide bonds. The molecule has 0 aliphatic carbocycles.